The number of hydrogen-bond acceptors (Lipinski definition) is 1. The molecule has 0 aromatic heterocycles. The van der Waals surface area contributed by atoms with E-state index in [1.165, 1.54) is 0 Å². The van der Waals surface area contributed by atoms with Crippen molar-refractivity contribution in [2.75, 3.05) is 0 Å². The van der Waals surface area contributed by atoms with Crippen LogP contribution in [-0.2, 0) is 0 Å². The number of rotatable bonds is 3. The van der Waals surface area contributed by atoms with Crippen molar-refractivity contribution in [1.82, 2.24) is 4.90 Å². The fourth-order valence-electron chi connectivity index (χ4n) is 2.02. The second kappa shape index (κ2) is 5.15. The van der Waals surface area contributed by atoms with Crippen LogP contribution in [0.15, 0.2) is 24.3 Å². The third kappa shape index (κ3) is 2.63. The average Bonchev–Trinajstić information content (AvgIpc) is 2.16. The molecule has 0 fully saturated rings. The molecule has 0 aliphatic rings. The van der Waals surface area contributed by atoms with Gasteiger partial charge in [0.15, 0.2) is 0 Å². The van der Waals surface area contributed by atoms with Gasteiger partial charge in [0.2, 0.25) is 0 Å². The number of carbonyl (C=O) groups excluding carboxylic acids is 1. The maximum Gasteiger partial charge on any atom is 0.254 e. The van der Waals surface area contributed by atoms with Crippen LogP contribution in [0.1, 0.15) is 43.6 Å². The highest BCUT2D eigenvalue weighted by atomic mass is 16.2. The van der Waals surface area contributed by atoms with Crippen LogP contribution in [0.5, 0.6) is 0 Å². The van der Waals surface area contributed by atoms with E-state index in [1.807, 2.05) is 36.1 Å². The first-order valence-corrected chi connectivity index (χ1v) is 5.83. The van der Waals surface area contributed by atoms with Gasteiger partial charge in [-0.3, -0.25) is 4.79 Å². The Balaban J connectivity index is 3.05. The lowest BCUT2D eigenvalue weighted by Crippen LogP contribution is -2.42. The van der Waals surface area contributed by atoms with E-state index in [4.69, 9.17) is 0 Å². The van der Waals surface area contributed by atoms with Crippen molar-refractivity contribution in [3.05, 3.63) is 35.4 Å². The summed E-state index contributed by atoms with van der Waals surface area (Å²) in [6.45, 7) is 10.2. The number of amides is 1. The van der Waals surface area contributed by atoms with Crippen LogP contribution in [0.3, 0.4) is 0 Å². The molecule has 0 aliphatic carbocycles. The van der Waals surface area contributed by atoms with Crippen LogP contribution < -0.4 is 0 Å². The molecule has 0 atom stereocenters. The van der Waals surface area contributed by atoms with Crippen LogP contribution in [0, 0.1) is 6.92 Å². The molecule has 1 amide bonds. The zero-order valence-corrected chi connectivity index (χ0v) is 10.8. The van der Waals surface area contributed by atoms with Gasteiger partial charge in [0.1, 0.15) is 0 Å². The van der Waals surface area contributed by atoms with E-state index >= 15 is 0 Å². The molecule has 0 aliphatic heterocycles. The summed E-state index contributed by atoms with van der Waals surface area (Å²) in [5.74, 6) is 0.128. The van der Waals surface area contributed by atoms with E-state index in [0.29, 0.717) is 0 Å². The Hall–Kier alpha value is -1.31. The van der Waals surface area contributed by atoms with E-state index in [1.54, 1.807) is 0 Å². The SMILES string of the molecule is Cc1ccccc1C(=O)N(C(C)C)C(C)C. The quantitative estimate of drug-likeness (QED) is 0.764. The van der Waals surface area contributed by atoms with Gasteiger partial charge >= 0.3 is 0 Å². The zero-order chi connectivity index (χ0) is 12.3. The summed E-state index contributed by atoms with van der Waals surface area (Å²) in [6, 6.07) is 8.21. The molecule has 16 heavy (non-hydrogen) atoms. The molecular weight excluding hydrogens is 198 g/mol. The highest BCUT2D eigenvalue weighted by Gasteiger charge is 2.22. The molecule has 0 saturated carbocycles. The van der Waals surface area contributed by atoms with Gasteiger partial charge in [-0.1, -0.05) is 18.2 Å². The van der Waals surface area contributed by atoms with Crippen molar-refractivity contribution < 1.29 is 4.79 Å². The molecule has 0 bridgehead atoms. The number of hydrogen-bond donors (Lipinski definition) is 0. The molecule has 1 aromatic carbocycles. The third-order valence-electron chi connectivity index (χ3n) is 2.72. The van der Waals surface area contributed by atoms with E-state index in [0.717, 1.165) is 11.1 Å². The number of aryl methyl sites for hydroxylation is 1. The molecule has 0 unspecified atom stereocenters. The van der Waals surface area contributed by atoms with Crippen LogP contribution in [-0.4, -0.2) is 22.9 Å². The number of benzene rings is 1. The molecule has 2 nitrogen and oxygen atoms in total. The first-order chi connectivity index (χ1) is 7.45. The Morgan fingerprint density at radius 1 is 1.06 bits per heavy atom. The second-order valence-corrected chi connectivity index (χ2v) is 4.71. The van der Waals surface area contributed by atoms with Gasteiger partial charge < -0.3 is 4.90 Å². The van der Waals surface area contributed by atoms with Gasteiger partial charge in [0.25, 0.3) is 5.91 Å². The van der Waals surface area contributed by atoms with E-state index in [-0.39, 0.29) is 18.0 Å². The lowest BCUT2D eigenvalue weighted by atomic mass is 10.1. The highest BCUT2D eigenvalue weighted by molar-refractivity contribution is 5.95. The molecule has 0 spiro atoms. The van der Waals surface area contributed by atoms with Gasteiger partial charge in [0.05, 0.1) is 0 Å². The van der Waals surface area contributed by atoms with Crippen molar-refractivity contribution in [3.8, 4) is 0 Å². The summed E-state index contributed by atoms with van der Waals surface area (Å²) in [6.07, 6.45) is 0. The van der Waals surface area contributed by atoms with Crippen LogP contribution in [0.25, 0.3) is 0 Å². The second-order valence-electron chi connectivity index (χ2n) is 4.71. The maximum absolute atomic E-state index is 12.4. The third-order valence-corrected chi connectivity index (χ3v) is 2.72. The van der Waals surface area contributed by atoms with Crippen molar-refractivity contribution in [3.63, 3.8) is 0 Å². The monoisotopic (exact) mass is 219 g/mol. The van der Waals surface area contributed by atoms with Crippen molar-refractivity contribution >= 4 is 5.91 Å². The maximum atomic E-state index is 12.4. The Morgan fingerprint density at radius 3 is 2.00 bits per heavy atom. The first kappa shape index (κ1) is 12.8. The van der Waals surface area contributed by atoms with Crippen molar-refractivity contribution in [2.24, 2.45) is 0 Å². The summed E-state index contributed by atoms with van der Waals surface area (Å²) in [4.78, 5) is 14.3. The molecule has 1 rings (SSSR count). The fourth-order valence-corrected chi connectivity index (χ4v) is 2.02. The van der Waals surface area contributed by atoms with E-state index < -0.39 is 0 Å². The topological polar surface area (TPSA) is 20.3 Å². The minimum Gasteiger partial charge on any atom is -0.334 e. The lowest BCUT2D eigenvalue weighted by Gasteiger charge is -2.31. The van der Waals surface area contributed by atoms with Gasteiger partial charge in [-0.2, -0.15) is 0 Å². The van der Waals surface area contributed by atoms with Crippen LogP contribution >= 0.6 is 0 Å². The number of nitrogens with zero attached hydrogens (tertiary/aromatic N) is 1. The predicted molar refractivity (Wildman–Crippen MR) is 67.6 cm³/mol. The minimum absolute atomic E-state index is 0.128. The van der Waals surface area contributed by atoms with Gasteiger partial charge in [0, 0.05) is 17.6 Å². The van der Waals surface area contributed by atoms with Gasteiger partial charge in [-0.25, -0.2) is 0 Å². The molecule has 88 valence electrons. The summed E-state index contributed by atoms with van der Waals surface area (Å²) in [7, 11) is 0. The Morgan fingerprint density at radius 2 is 1.56 bits per heavy atom. The Labute approximate surface area is 98.3 Å². The largest absolute Gasteiger partial charge is 0.334 e. The molecule has 0 heterocycles. The number of carbonyl (C=O) groups is 1. The van der Waals surface area contributed by atoms with E-state index in [9.17, 15) is 4.79 Å². The standard InChI is InChI=1S/C14H21NO/c1-10(2)15(11(3)4)14(16)13-9-7-6-8-12(13)5/h6-11H,1-5H3. The molecule has 0 saturated heterocycles. The zero-order valence-electron chi connectivity index (χ0n) is 10.8. The van der Waals surface area contributed by atoms with Gasteiger partial charge in [-0.15, -0.1) is 0 Å². The summed E-state index contributed by atoms with van der Waals surface area (Å²) in [5, 5.41) is 0. The summed E-state index contributed by atoms with van der Waals surface area (Å²) < 4.78 is 0. The molecular formula is C14H21NO. The van der Waals surface area contributed by atoms with Crippen LogP contribution in [0.2, 0.25) is 0 Å². The predicted octanol–water partition coefficient (Wildman–Crippen LogP) is 3.25. The molecule has 0 N–H and O–H groups in total. The fraction of sp³-hybridized carbons (Fsp3) is 0.500. The summed E-state index contributed by atoms with van der Waals surface area (Å²) >= 11 is 0. The average molecular weight is 219 g/mol. The molecule has 0 radical (unpaired) electrons. The normalized spacial score (nSPS) is 10.9. The highest BCUT2D eigenvalue weighted by Crippen LogP contribution is 2.15. The first-order valence-electron chi connectivity index (χ1n) is 5.83. The van der Waals surface area contributed by atoms with Crippen molar-refractivity contribution in [1.29, 1.82) is 0 Å². The minimum atomic E-state index is 0.128. The van der Waals surface area contributed by atoms with Gasteiger partial charge in [-0.05, 0) is 46.2 Å². The van der Waals surface area contributed by atoms with Crippen LogP contribution in [0.4, 0.5) is 0 Å². The molecule has 1 aromatic rings. The Kier molecular flexibility index (Phi) is 4.11. The smallest absolute Gasteiger partial charge is 0.254 e. The molecule has 2 heteroatoms. The Bertz CT molecular complexity index is 361. The van der Waals surface area contributed by atoms with Crippen molar-refractivity contribution in [2.45, 2.75) is 46.7 Å². The lowest BCUT2D eigenvalue weighted by molar-refractivity contribution is 0.0643. The summed E-state index contributed by atoms with van der Waals surface area (Å²) in [5.41, 5.74) is 1.85. The van der Waals surface area contributed by atoms with E-state index in [2.05, 4.69) is 27.7 Å².